The SMILES string of the molecule is CN(C)[C@@H]1C(O)=C(C(N)=O)C(=O)C2C(O)=C3C(=O)c4c(O)c(CNC(=O)C5CCCO5)cc(-c5ccc(F)cc5)c4CC3CC21. The number of nitrogens with zero attached hydrogens (tertiary/aromatic N) is 1. The van der Waals surface area contributed by atoms with Gasteiger partial charge in [-0.1, -0.05) is 12.1 Å². The Kier molecular flexibility index (Phi) is 7.74. The molecule has 0 bridgehead atoms. The first kappa shape index (κ1) is 30.5. The number of hydrogen-bond acceptors (Lipinski definition) is 9. The van der Waals surface area contributed by atoms with E-state index >= 15 is 0 Å². The summed E-state index contributed by atoms with van der Waals surface area (Å²) in [4.78, 5) is 54.3. The predicted octanol–water partition coefficient (Wildman–Crippen LogP) is 2.61. The molecule has 236 valence electrons. The third kappa shape index (κ3) is 4.98. The molecule has 0 spiro atoms. The van der Waals surface area contributed by atoms with Crippen molar-refractivity contribution in [2.24, 2.45) is 23.5 Å². The van der Waals surface area contributed by atoms with Gasteiger partial charge in [-0.15, -0.1) is 0 Å². The molecule has 12 heteroatoms. The average Bonchev–Trinajstić information content (AvgIpc) is 3.52. The first-order chi connectivity index (χ1) is 21.4. The lowest BCUT2D eigenvalue weighted by atomic mass is 9.60. The Morgan fingerprint density at radius 2 is 1.82 bits per heavy atom. The molecule has 5 atom stereocenters. The first-order valence-corrected chi connectivity index (χ1v) is 14.8. The number of carbonyl (C=O) groups excluding carboxylic acids is 4. The summed E-state index contributed by atoms with van der Waals surface area (Å²) < 4.78 is 19.3. The van der Waals surface area contributed by atoms with E-state index in [0.29, 0.717) is 29.7 Å². The van der Waals surface area contributed by atoms with Gasteiger partial charge in [0.25, 0.3) is 5.91 Å². The van der Waals surface area contributed by atoms with Crippen LogP contribution in [-0.4, -0.2) is 76.4 Å². The quantitative estimate of drug-likeness (QED) is 0.304. The highest BCUT2D eigenvalue weighted by Crippen LogP contribution is 2.52. The first-order valence-electron chi connectivity index (χ1n) is 14.8. The number of phenols is 1. The number of primary amides is 1. The van der Waals surface area contributed by atoms with E-state index in [1.54, 1.807) is 37.2 Å². The molecule has 1 aliphatic heterocycles. The van der Waals surface area contributed by atoms with E-state index in [0.717, 1.165) is 6.42 Å². The molecule has 2 aromatic carbocycles. The number of benzene rings is 2. The smallest absolute Gasteiger partial charge is 0.255 e. The van der Waals surface area contributed by atoms with Gasteiger partial charge >= 0.3 is 0 Å². The number of aliphatic hydroxyl groups excluding tert-OH is 2. The fourth-order valence-corrected chi connectivity index (χ4v) is 7.49. The number of ether oxygens (including phenoxy) is 1. The third-order valence-electron chi connectivity index (χ3n) is 9.48. The van der Waals surface area contributed by atoms with Gasteiger partial charge in [0.2, 0.25) is 5.91 Å². The molecule has 4 unspecified atom stereocenters. The molecule has 0 aromatic heterocycles. The highest BCUT2D eigenvalue weighted by molar-refractivity contribution is 6.22. The maximum absolute atomic E-state index is 14.3. The molecular weight excluding hydrogens is 585 g/mol. The lowest BCUT2D eigenvalue weighted by Crippen LogP contribution is -2.53. The molecule has 0 radical (unpaired) electrons. The van der Waals surface area contributed by atoms with E-state index in [1.165, 1.54) is 12.1 Å². The highest BCUT2D eigenvalue weighted by atomic mass is 19.1. The Hall–Kier alpha value is -4.55. The summed E-state index contributed by atoms with van der Waals surface area (Å²) in [7, 11) is 3.32. The van der Waals surface area contributed by atoms with Crippen molar-refractivity contribution in [2.45, 2.75) is 44.4 Å². The zero-order chi connectivity index (χ0) is 32.3. The molecule has 6 N–H and O–H groups in total. The second-order valence-corrected chi connectivity index (χ2v) is 12.3. The Morgan fingerprint density at radius 1 is 1.11 bits per heavy atom. The molecule has 3 aliphatic carbocycles. The number of rotatable bonds is 6. The van der Waals surface area contributed by atoms with Gasteiger partial charge in [-0.2, -0.15) is 0 Å². The molecule has 4 aliphatic rings. The summed E-state index contributed by atoms with van der Waals surface area (Å²) in [6.07, 6.45) is 1.08. The van der Waals surface area contributed by atoms with Crippen LogP contribution in [0.25, 0.3) is 11.1 Å². The van der Waals surface area contributed by atoms with Crippen LogP contribution in [0.1, 0.15) is 40.7 Å². The number of aromatic hydroxyl groups is 1. The minimum Gasteiger partial charge on any atom is -0.511 e. The summed E-state index contributed by atoms with van der Waals surface area (Å²) in [5.41, 5.74) is 6.51. The van der Waals surface area contributed by atoms with E-state index < -0.39 is 70.3 Å². The molecule has 45 heavy (non-hydrogen) atoms. The van der Waals surface area contributed by atoms with Crippen molar-refractivity contribution in [1.29, 1.82) is 0 Å². The van der Waals surface area contributed by atoms with Gasteiger partial charge in [-0.05, 0) is 86.5 Å². The van der Waals surface area contributed by atoms with Crippen LogP contribution in [0.3, 0.4) is 0 Å². The van der Waals surface area contributed by atoms with Crippen LogP contribution in [0.2, 0.25) is 0 Å². The zero-order valence-corrected chi connectivity index (χ0v) is 24.8. The number of aliphatic hydroxyl groups is 2. The lowest BCUT2D eigenvalue weighted by molar-refractivity contribution is -0.130. The lowest BCUT2D eigenvalue weighted by Gasteiger charge is -2.46. The van der Waals surface area contributed by atoms with Gasteiger partial charge in [0.1, 0.15) is 34.8 Å². The van der Waals surface area contributed by atoms with Crippen LogP contribution in [0.15, 0.2) is 53.0 Å². The van der Waals surface area contributed by atoms with Crippen molar-refractivity contribution in [3.63, 3.8) is 0 Å². The van der Waals surface area contributed by atoms with Crippen LogP contribution >= 0.6 is 0 Å². The Labute approximate surface area is 258 Å². The number of allylic oxidation sites excluding steroid dienone is 2. The van der Waals surface area contributed by atoms with Gasteiger partial charge < -0.3 is 31.1 Å². The Morgan fingerprint density at radius 3 is 2.44 bits per heavy atom. The van der Waals surface area contributed by atoms with Gasteiger partial charge in [0.05, 0.1) is 17.5 Å². The fraction of sp³-hybridized carbons (Fsp3) is 0.394. The third-order valence-corrected chi connectivity index (χ3v) is 9.48. The number of likely N-dealkylation sites (N-methyl/N-ethyl adjacent to an activating group) is 1. The fourth-order valence-electron chi connectivity index (χ4n) is 7.49. The summed E-state index contributed by atoms with van der Waals surface area (Å²) >= 11 is 0. The van der Waals surface area contributed by atoms with Crippen molar-refractivity contribution < 1.29 is 43.6 Å². The number of nitrogens with one attached hydrogen (secondary N) is 1. The van der Waals surface area contributed by atoms with E-state index in [9.17, 15) is 38.9 Å². The minimum absolute atomic E-state index is 0.0549. The second-order valence-electron chi connectivity index (χ2n) is 12.3. The summed E-state index contributed by atoms with van der Waals surface area (Å²) in [6.45, 7) is 0.342. The molecule has 11 nitrogen and oxygen atoms in total. The van der Waals surface area contributed by atoms with Gasteiger partial charge in [-0.3, -0.25) is 24.1 Å². The molecule has 1 heterocycles. The number of halogens is 1. The van der Waals surface area contributed by atoms with Crippen molar-refractivity contribution in [2.75, 3.05) is 20.7 Å². The van der Waals surface area contributed by atoms with Gasteiger partial charge in [0.15, 0.2) is 11.6 Å². The van der Waals surface area contributed by atoms with Crippen LogP contribution in [0.5, 0.6) is 5.75 Å². The van der Waals surface area contributed by atoms with Gasteiger partial charge in [0, 0.05) is 24.3 Å². The standard InChI is InChI=1S/C33H34FN3O8/c1-37(2)26-20-11-15-10-19-18(14-5-7-17(34)8-6-14)12-16(13-36-33(44)21-4-3-9-45-21)27(38)23(19)28(39)22(15)29(40)24(20)30(41)25(31(26)42)32(35)43/h5-8,12,15,20-21,24,26,38,40,42H,3-4,9-11,13H2,1-2H3,(H2,35,43)(H,36,44)/t15?,20?,21?,24?,26-/m0/s1. The highest BCUT2D eigenvalue weighted by Gasteiger charge is 2.54. The average molecular weight is 620 g/mol. The van der Waals surface area contributed by atoms with Crippen LogP contribution in [0, 0.1) is 23.6 Å². The molecule has 2 aromatic rings. The van der Waals surface area contributed by atoms with E-state index in [2.05, 4.69) is 5.32 Å². The van der Waals surface area contributed by atoms with Crippen LogP contribution in [0.4, 0.5) is 4.39 Å². The number of amides is 2. The van der Waals surface area contributed by atoms with Crippen molar-refractivity contribution >= 4 is 23.4 Å². The predicted molar refractivity (Wildman–Crippen MR) is 158 cm³/mol. The van der Waals surface area contributed by atoms with Crippen molar-refractivity contribution in [3.8, 4) is 16.9 Å². The maximum atomic E-state index is 14.3. The normalized spacial score (nSPS) is 26.1. The number of phenolic OH excluding ortho intramolecular Hbond substituents is 1. The number of hydrogen-bond donors (Lipinski definition) is 5. The minimum atomic E-state index is -1.31. The zero-order valence-electron chi connectivity index (χ0n) is 24.8. The molecule has 2 amide bonds. The number of nitrogens with two attached hydrogens (primary N) is 1. The molecular formula is C33H34FN3O8. The Bertz CT molecular complexity index is 1690. The van der Waals surface area contributed by atoms with E-state index in [-0.39, 0.29) is 47.7 Å². The number of fused-ring (bicyclic) bond motifs is 3. The van der Waals surface area contributed by atoms with Gasteiger partial charge in [-0.25, -0.2) is 4.39 Å². The molecule has 1 saturated heterocycles. The van der Waals surface area contributed by atoms with Crippen molar-refractivity contribution in [1.82, 2.24) is 10.2 Å². The second kappa shape index (κ2) is 11.4. The number of Topliss-reactive ketones (excluding diaryl/α,β-unsaturated/α-hetero) is 2. The number of carbonyl (C=O) groups is 4. The summed E-state index contributed by atoms with van der Waals surface area (Å²) in [5.74, 6) is -7.49. The molecule has 6 rings (SSSR count). The summed E-state index contributed by atoms with van der Waals surface area (Å²) in [6, 6.07) is 6.48. The monoisotopic (exact) mass is 619 g/mol. The Balaban J connectivity index is 1.47. The van der Waals surface area contributed by atoms with Crippen molar-refractivity contribution in [3.05, 3.63) is 75.5 Å². The van der Waals surface area contributed by atoms with Crippen LogP contribution in [-0.2, 0) is 32.1 Å². The largest absolute Gasteiger partial charge is 0.511 e. The molecule has 0 saturated carbocycles. The van der Waals surface area contributed by atoms with Crippen LogP contribution < -0.4 is 11.1 Å². The van der Waals surface area contributed by atoms with E-state index in [1.807, 2.05) is 0 Å². The molecule has 1 fully saturated rings. The number of ketones is 2. The summed E-state index contributed by atoms with van der Waals surface area (Å²) in [5, 5.41) is 36.8. The maximum Gasteiger partial charge on any atom is 0.255 e. The topological polar surface area (TPSA) is 179 Å². The van der Waals surface area contributed by atoms with E-state index in [4.69, 9.17) is 10.5 Å².